The Balaban J connectivity index is 1.61. The Bertz CT molecular complexity index is 859. The van der Waals surface area contributed by atoms with Crippen molar-refractivity contribution in [2.45, 2.75) is 6.42 Å². The number of carbonyl (C=O) groups excluding carboxylic acids is 2. The highest BCUT2D eigenvalue weighted by molar-refractivity contribution is 9.10. The van der Waals surface area contributed by atoms with Crippen molar-refractivity contribution in [2.24, 2.45) is 5.92 Å². The molecule has 148 valence electrons. The van der Waals surface area contributed by atoms with Crippen LogP contribution >= 0.6 is 15.9 Å². The number of hydrogen-bond donors (Lipinski definition) is 1. The number of pyridine rings is 1. The molecule has 1 aromatic heterocycles. The lowest BCUT2D eigenvalue weighted by Gasteiger charge is -2.17. The average Bonchev–Trinajstić information content (AvgIpc) is 3.03. The van der Waals surface area contributed by atoms with Crippen molar-refractivity contribution in [3.8, 4) is 5.88 Å². The zero-order valence-electron chi connectivity index (χ0n) is 15.9. The van der Waals surface area contributed by atoms with E-state index in [-0.39, 0.29) is 11.8 Å². The van der Waals surface area contributed by atoms with Crippen LogP contribution in [0.5, 0.6) is 5.88 Å². The van der Waals surface area contributed by atoms with E-state index < -0.39 is 5.92 Å². The van der Waals surface area contributed by atoms with Gasteiger partial charge < -0.3 is 19.9 Å². The van der Waals surface area contributed by atoms with Gasteiger partial charge in [-0.25, -0.2) is 4.98 Å². The third kappa shape index (κ3) is 5.08. The molecule has 1 atom stereocenters. The second-order valence-electron chi connectivity index (χ2n) is 6.83. The number of halogens is 1. The van der Waals surface area contributed by atoms with Crippen molar-refractivity contribution in [1.82, 2.24) is 9.88 Å². The van der Waals surface area contributed by atoms with Crippen LogP contribution in [-0.2, 0) is 9.59 Å². The van der Waals surface area contributed by atoms with Gasteiger partial charge >= 0.3 is 0 Å². The van der Waals surface area contributed by atoms with E-state index in [0.29, 0.717) is 31.1 Å². The number of anilines is 2. The Labute approximate surface area is 172 Å². The van der Waals surface area contributed by atoms with E-state index in [9.17, 15) is 9.59 Å². The zero-order valence-corrected chi connectivity index (χ0v) is 17.5. The quantitative estimate of drug-likeness (QED) is 0.661. The van der Waals surface area contributed by atoms with E-state index in [1.54, 1.807) is 23.2 Å². The van der Waals surface area contributed by atoms with Gasteiger partial charge in [0.1, 0.15) is 12.5 Å². The molecule has 28 heavy (non-hydrogen) atoms. The van der Waals surface area contributed by atoms with Gasteiger partial charge in [0.05, 0.1) is 0 Å². The Hall–Kier alpha value is -2.45. The highest BCUT2D eigenvalue weighted by atomic mass is 79.9. The van der Waals surface area contributed by atoms with Gasteiger partial charge in [-0.05, 0) is 44.8 Å². The molecule has 8 heteroatoms. The first-order valence-corrected chi connectivity index (χ1v) is 9.85. The Morgan fingerprint density at radius 1 is 1.36 bits per heavy atom. The first kappa shape index (κ1) is 20.3. The molecule has 7 nitrogen and oxygen atoms in total. The average molecular weight is 447 g/mol. The van der Waals surface area contributed by atoms with Gasteiger partial charge in [0, 0.05) is 41.2 Å². The van der Waals surface area contributed by atoms with Gasteiger partial charge in [-0.3, -0.25) is 9.59 Å². The fraction of sp³-hybridized carbons (Fsp3) is 0.350. The normalized spacial score (nSPS) is 16.5. The number of nitrogens with zero attached hydrogens (tertiary/aromatic N) is 3. The monoisotopic (exact) mass is 446 g/mol. The molecule has 1 aliphatic rings. The Morgan fingerprint density at radius 2 is 2.18 bits per heavy atom. The highest BCUT2D eigenvalue weighted by Gasteiger charge is 2.37. The molecular formula is C20H23BrN4O3. The third-order valence-electron chi connectivity index (χ3n) is 4.43. The third-order valence-corrected chi connectivity index (χ3v) is 4.93. The number of carbonyl (C=O) groups is 2. The predicted molar refractivity (Wildman–Crippen MR) is 112 cm³/mol. The standard InChI is InChI=1S/C20H23BrN4O3/c1-24(2)10-11-28-18-13-15(6-8-22-18)23-19(26)17-7-9-25(20(17)27)16-5-3-4-14(21)12-16/h3-6,8,12-13,17H,7,9-11H2,1-2H3,(H,22,23,26). The van der Waals surface area contributed by atoms with Crippen molar-refractivity contribution < 1.29 is 14.3 Å². The van der Waals surface area contributed by atoms with Gasteiger partial charge in [-0.1, -0.05) is 22.0 Å². The summed E-state index contributed by atoms with van der Waals surface area (Å²) in [6.07, 6.45) is 2.05. The molecule has 2 heterocycles. The van der Waals surface area contributed by atoms with Gasteiger partial charge in [0.15, 0.2) is 0 Å². The van der Waals surface area contributed by atoms with Crippen LogP contribution < -0.4 is 15.0 Å². The van der Waals surface area contributed by atoms with Gasteiger partial charge in [0.25, 0.3) is 0 Å². The lowest BCUT2D eigenvalue weighted by atomic mass is 10.1. The molecular weight excluding hydrogens is 424 g/mol. The van der Waals surface area contributed by atoms with E-state index in [4.69, 9.17) is 4.74 Å². The van der Waals surface area contributed by atoms with Crippen LogP contribution in [0.15, 0.2) is 47.1 Å². The molecule has 0 spiro atoms. The van der Waals surface area contributed by atoms with Crippen LogP contribution in [-0.4, -0.2) is 55.5 Å². The SMILES string of the molecule is CN(C)CCOc1cc(NC(=O)C2CCN(c3cccc(Br)c3)C2=O)ccn1. The van der Waals surface area contributed by atoms with Crippen LogP contribution in [0, 0.1) is 5.92 Å². The van der Waals surface area contributed by atoms with Crippen molar-refractivity contribution >= 4 is 39.1 Å². The fourth-order valence-corrected chi connectivity index (χ4v) is 3.34. The second-order valence-corrected chi connectivity index (χ2v) is 7.75. The van der Waals surface area contributed by atoms with Gasteiger partial charge in [-0.15, -0.1) is 0 Å². The Morgan fingerprint density at radius 3 is 2.93 bits per heavy atom. The molecule has 0 radical (unpaired) electrons. The number of nitrogens with one attached hydrogen (secondary N) is 1. The number of hydrogen-bond acceptors (Lipinski definition) is 5. The summed E-state index contributed by atoms with van der Waals surface area (Å²) in [7, 11) is 3.92. The summed E-state index contributed by atoms with van der Waals surface area (Å²) < 4.78 is 6.48. The maximum Gasteiger partial charge on any atom is 0.239 e. The minimum Gasteiger partial charge on any atom is -0.476 e. The largest absolute Gasteiger partial charge is 0.476 e. The minimum atomic E-state index is -0.703. The van der Waals surface area contributed by atoms with Crippen molar-refractivity contribution in [2.75, 3.05) is 44.0 Å². The summed E-state index contributed by atoms with van der Waals surface area (Å²) in [6.45, 7) is 1.78. The van der Waals surface area contributed by atoms with Crippen molar-refractivity contribution in [1.29, 1.82) is 0 Å². The lowest BCUT2D eigenvalue weighted by molar-refractivity contribution is -0.129. The number of ether oxygens (including phenoxy) is 1. The molecule has 0 bridgehead atoms. The first-order valence-electron chi connectivity index (χ1n) is 9.05. The molecule has 2 amide bonds. The molecule has 1 unspecified atom stereocenters. The molecule has 3 rings (SSSR count). The topological polar surface area (TPSA) is 74.8 Å². The minimum absolute atomic E-state index is 0.188. The highest BCUT2D eigenvalue weighted by Crippen LogP contribution is 2.28. The van der Waals surface area contributed by atoms with Crippen molar-refractivity contribution in [3.05, 3.63) is 47.1 Å². The number of likely N-dealkylation sites (N-methyl/N-ethyl adjacent to an activating group) is 1. The molecule has 1 fully saturated rings. The van der Waals surface area contributed by atoms with Crippen LogP contribution in [0.25, 0.3) is 0 Å². The number of aromatic nitrogens is 1. The van der Waals surface area contributed by atoms with Crippen LogP contribution in [0.3, 0.4) is 0 Å². The van der Waals surface area contributed by atoms with E-state index in [1.165, 1.54) is 0 Å². The molecule has 0 aliphatic carbocycles. The van der Waals surface area contributed by atoms with Gasteiger partial charge in [0.2, 0.25) is 17.7 Å². The maximum absolute atomic E-state index is 12.7. The van der Waals surface area contributed by atoms with E-state index in [2.05, 4.69) is 26.2 Å². The predicted octanol–water partition coefficient (Wildman–Crippen LogP) is 2.78. The summed E-state index contributed by atoms with van der Waals surface area (Å²) >= 11 is 3.41. The lowest BCUT2D eigenvalue weighted by Crippen LogP contribution is -2.33. The number of benzene rings is 1. The summed E-state index contributed by atoms with van der Waals surface area (Å²) in [6, 6.07) is 10.9. The molecule has 1 aliphatic heterocycles. The van der Waals surface area contributed by atoms with Crippen molar-refractivity contribution in [3.63, 3.8) is 0 Å². The second kappa shape index (κ2) is 9.16. The van der Waals surface area contributed by atoms with Gasteiger partial charge in [-0.2, -0.15) is 0 Å². The summed E-state index contributed by atoms with van der Waals surface area (Å²) in [5.74, 6) is -0.765. The number of amides is 2. The fourth-order valence-electron chi connectivity index (χ4n) is 2.95. The van der Waals surface area contributed by atoms with E-state index in [1.807, 2.05) is 43.3 Å². The summed E-state index contributed by atoms with van der Waals surface area (Å²) in [4.78, 5) is 33.2. The maximum atomic E-state index is 12.7. The summed E-state index contributed by atoms with van der Waals surface area (Å²) in [5.41, 5.74) is 1.35. The molecule has 2 aromatic rings. The van der Waals surface area contributed by atoms with Crippen LogP contribution in [0.4, 0.5) is 11.4 Å². The van der Waals surface area contributed by atoms with Crippen LogP contribution in [0.2, 0.25) is 0 Å². The van der Waals surface area contributed by atoms with E-state index in [0.717, 1.165) is 16.7 Å². The first-order chi connectivity index (χ1) is 13.4. The summed E-state index contributed by atoms with van der Waals surface area (Å²) in [5, 5.41) is 2.81. The van der Waals surface area contributed by atoms with E-state index >= 15 is 0 Å². The molecule has 1 aromatic carbocycles. The Kier molecular flexibility index (Phi) is 6.64. The molecule has 1 saturated heterocycles. The molecule has 0 saturated carbocycles. The molecule has 1 N–H and O–H groups in total. The zero-order chi connectivity index (χ0) is 20.1. The number of rotatable bonds is 7. The smallest absolute Gasteiger partial charge is 0.239 e. The van der Waals surface area contributed by atoms with Crippen LogP contribution in [0.1, 0.15) is 6.42 Å².